The molecular weight excluding hydrogens is 810 g/mol. The lowest BCUT2D eigenvalue weighted by Crippen LogP contribution is -2.37. The number of nitrogens with zero attached hydrogens (tertiary/aromatic N) is 1. The van der Waals surface area contributed by atoms with E-state index in [1.54, 1.807) is 0 Å². The Labute approximate surface area is 387 Å². The van der Waals surface area contributed by atoms with Gasteiger partial charge >= 0.3 is 11.9 Å². The number of phosphoric ester groups is 1. The second-order valence-corrected chi connectivity index (χ2v) is 19.6. The molecule has 2 atom stereocenters. The number of carbonyl (C=O) groups is 2. The summed E-state index contributed by atoms with van der Waals surface area (Å²) < 4.78 is 34.0. The van der Waals surface area contributed by atoms with Crippen LogP contribution in [-0.4, -0.2) is 70.0 Å². The van der Waals surface area contributed by atoms with Gasteiger partial charge in [0.25, 0.3) is 7.82 Å². The number of phosphoric acid groups is 1. The van der Waals surface area contributed by atoms with E-state index >= 15 is 0 Å². The van der Waals surface area contributed by atoms with Crippen LogP contribution in [0, 0.1) is 0 Å². The minimum absolute atomic E-state index is 0.0361. The lowest BCUT2D eigenvalue weighted by Gasteiger charge is -2.28. The van der Waals surface area contributed by atoms with Crippen LogP contribution in [0.25, 0.3) is 0 Å². The molecule has 0 aromatic heterocycles. The summed E-state index contributed by atoms with van der Waals surface area (Å²) in [6, 6.07) is 0. The summed E-state index contributed by atoms with van der Waals surface area (Å²) in [5.74, 6) is -0.855. The zero-order chi connectivity index (χ0) is 46.4. The maximum atomic E-state index is 12.7. The molecule has 0 saturated carbocycles. The molecule has 0 rings (SSSR count). The Bertz CT molecular complexity index is 1250. The Morgan fingerprint density at radius 1 is 0.492 bits per heavy atom. The lowest BCUT2D eigenvalue weighted by molar-refractivity contribution is -0.870. The van der Waals surface area contributed by atoms with Crippen molar-refractivity contribution in [3.63, 3.8) is 0 Å². The fourth-order valence-electron chi connectivity index (χ4n) is 6.74. The second kappa shape index (κ2) is 44.9. The minimum Gasteiger partial charge on any atom is -0.756 e. The highest BCUT2D eigenvalue weighted by atomic mass is 31.2. The average molecular weight is 906 g/mol. The van der Waals surface area contributed by atoms with Crippen LogP contribution in [0.2, 0.25) is 0 Å². The van der Waals surface area contributed by atoms with Gasteiger partial charge < -0.3 is 27.9 Å². The van der Waals surface area contributed by atoms with Crippen molar-refractivity contribution in [2.24, 2.45) is 0 Å². The number of esters is 2. The first-order valence-electron chi connectivity index (χ1n) is 25.5. The summed E-state index contributed by atoms with van der Waals surface area (Å²) in [6.45, 7) is 4.16. The van der Waals surface area contributed by atoms with Crippen molar-refractivity contribution >= 4 is 19.8 Å². The van der Waals surface area contributed by atoms with E-state index in [4.69, 9.17) is 18.5 Å². The normalized spacial score (nSPS) is 13.9. The van der Waals surface area contributed by atoms with Gasteiger partial charge in [-0.1, -0.05) is 184 Å². The summed E-state index contributed by atoms with van der Waals surface area (Å²) >= 11 is 0. The van der Waals surface area contributed by atoms with E-state index in [0.717, 1.165) is 83.5 Å². The van der Waals surface area contributed by atoms with E-state index in [0.29, 0.717) is 23.9 Å². The van der Waals surface area contributed by atoms with E-state index in [1.165, 1.54) is 89.9 Å². The van der Waals surface area contributed by atoms with Crippen LogP contribution in [-0.2, 0) is 32.7 Å². The van der Waals surface area contributed by atoms with Crippen LogP contribution in [0.3, 0.4) is 0 Å². The van der Waals surface area contributed by atoms with Gasteiger partial charge in [-0.15, -0.1) is 0 Å². The van der Waals surface area contributed by atoms with Gasteiger partial charge in [0.1, 0.15) is 19.8 Å². The van der Waals surface area contributed by atoms with Crippen molar-refractivity contribution in [3.8, 4) is 0 Å². The van der Waals surface area contributed by atoms with Gasteiger partial charge in [-0.05, 0) is 77.0 Å². The number of ether oxygens (including phenoxy) is 2. The maximum Gasteiger partial charge on any atom is 0.306 e. The van der Waals surface area contributed by atoms with Gasteiger partial charge in [0.2, 0.25) is 0 Å². The number of unbranched alkanes of at least 4 members (excludes halogenated alkanes) is 22. The Kier molecular flexibility index (Phi) is 43.3. The van der Waals surface area contributed by atoms with Crippen molar-refractivity contribution in [2.45, 2.75) is 219 Å². The number of likely N-dealkylation sites (N-methyl/N-ethyl adjacent to an activating group) is 1. The molecule has 0 N–H and O–H groups in total. The monoisotopic (exact) mass is 906 g/mol. The van der Waals surface area contributed by atoms with Gasteiger partial charge in [0.05, 0.1) is 27.7 Å². The number of hydrogen-bond acceptors (Lipinski definition) is 8. The predicted octanol–water partition coefficient (Wildman–Crippen LogP) is 14.6. The molecule has 366 valence electrons. The summed E-state index contributed by atoms with van der Waals surface area (Å²) in [6.07, 6.45) is 55.4. The Balaban J connectivity index is 4.24. The van der Waals surface area contributed by atoms with Crippen LogP contribution < -0.4 is 4.89 Å². The van der Waals surface area contributed by atoms with Gasteiger partial charge in [-0.2, -0.15) is 0 Å². The molecule has 0 aliphatic heterocycles. The first-order chi connectivity index (χ1) is 30.5. The average Bonchev–Trinajstić information content (AvgIpc) is 3.24. The molecule has 63 heavy (non-hydrogen) atoms. The molecule has 9 nitrogen and oxygen atoms in total. The Hall–Kier alpha value is -2.29. The Morgan fingerprint density at radius 3 is 1.32 bits per heavy atom. The van der Waals surface area contributed by atoms with Crippen LogP contribution in [0.15, 0.2) is 60.8 Å². The molecule has 2 unspecified atom stereocenters. The molecule has 0 aromatic rings. The molecule has 0 heterocycles. The van der Waals surface area contributed by atoms with Crippen molar-refractivity contribution in [3.05, 3.63) is 60.8 Å². The van der Waals surface area contributed by atoms with Crippen molar-refractivity contribution < 1.29 is 42.1 Å². The van der Waals surface area contributed by atoms with Crippen molar-refractivity contribution in [1.29, 1.82) is 0 Å². The minimum atomic E-state index is -4.64. The predicted molar refractivity (Wildman–Crippen MR) is 263 cm³/mol. The fourth-order valence-corrected chi connectivity index (χ4v) is 7.47. The molecule has 10 heteroatoms. The van der Waals surface area contributed by atoms with Gasteiger partial charge in [-0.3, -0.25) is 14.2 Å². The SMILES string of the molecule is CCCC/C=C\C/C=C\CCCCCCCC(=O)OCC(COP(=O)([O-])OCC[N+](C)(C)C)OC(=O)CCCCCCCCCCCC/C=C\C/C=C\C/C=C\CCCCCCC. The summed E-state index contributed by atoms with van der Waals surface area (Å²) in [5, 5.41) is 0. The quantitative estimate of drug-likeness (QED) is 0.0195. The highest BCUT2D eigenvalue weighted by molar-refractivity contribution is 7.45. The molecule has 0 aromatic carbocycles. The van der Waals surface area contributed by atoms with Gasteiger partial charge in [0, 0.05) is 12.8 Å². The molecule has 0 radical (unpaired) electrons. The number of rotatable bonds is 46. The van der Waals surface area contributed by atoms with E-state index < -0.39 is 32.5 Å². The molecular formula is C53H96NO8P. The maximum absolute atomic E-state index is 12.7. The zero-order valence-electron chi connectivity index (χ0n) is 41.3. The molecule has 0 aliphatic carbocycles. The summed E-state index contributed by atoms with van der Waals surface area (Å²) in [5.41, 5.74) is 0. The van der Waals surface area contributed by atoms with Crippen LogP contribution in [0.5, 0.6) is 0 Å². The third kappa shape index (κ3) is 49.0. The van der Waals surface area contributed by atoms with Crippen LogP contribution in [0.1, 0.15) is 213 Å². The first kappa shape index (κ1) is 60.7. The molecule has 0 bridgehead atoms. The van der Waals surface area contributed by atoms with Crippen LogP contribution in [0.4, 0.5) is 0 Å². The third-order valence-corrected chi connectivity index (χ3v) is 11.7. The smallest absolute Gasteiger partial charge is 0.306 e. The van der Waals surface area contributed by atoms with E-state index in [1.807, 2.05) is 21.1 Å². The van der Waals surface area contributed by atoms with Crippen LogP contribution >= 0.6 is 7.82 Å². The second-order valence-electron chi connectivity index (χ2n) is 18.2. The first-order valence-corrected chi connectivity index (χ1v) is 27.0. The number of allylic oxidation sites excluding steroid dienone is 10. The molecule has 0 fully saturated rings. The molecule has 0 spiro atoms. The lowest BCUT2D eigenvalue weighted by atomic mass is 10.0. The number of hydrogen-bond donors (Lipinski definition) is 0. The van der Waals surface area contributed by atoms with Gasteiger partial charge in [0.15, 0.2) is 6.10 Å². The van der Waals surface area contributed by atoms with E-state index in [-0.39, 0.29) is 26.1 Å². The summed E-state index contributed by atoms with van der Waals surface area (Å²) in [7, 11) is 1.15. The molecule has 0 saturated heterocycles. The Morgan fingerprint density at radius 2 is 0.873 bits per heavy atom. The zero-order valence-corrected chi connectivity index (χ0v) is 42.2. The number of carbonyl (C=O) groups excluding carboxylic acids is 2. The topological polar surface area (TPSA) is 111 Å². The number of quaternary nitrogens is 1. The van der Waals surface area contributed by atoms with Crippen molar-refractivity contribution in [2.75, 3.05) is 47.5 Å². The highest BCUT2D eigenvalue weighted by Gasteiger charge is 2.21. The van der Waals surface area contributed by atoms with E-state index in [2.05, 4.69) is 74.6 Å². The molecule has 0 amide bonds. The van der Waals surface area contributed by atoms with Gasteiger partial charge in [-0.25, -0.2) is 0 Å². The molecule has 0 aliphatic rings. The fraction of sp³-hybridized carbons (Fsp3) is 0.774. The largest absolute Gasteiger partial charge is 0.756 e. The standard InChI is InChI=1S/C53H96NO8P/c1-6-8-10-12-14-16-18-20-22-23-24-25-26-27-28-29-30-31-32-34-36-38-40-42-44-46-53(56)62-51(50-61-63(57,58)60-48-47-54(3,4)5)49-59-52(55)45-43-41-39-37-35-33-21-19-17-15-13-11-9-7-2/h13,15,18-21,23-24,26-27,51H,6-12,14,16-17,22,25,28-50H2,1-5H3/b15-13-,20-18-,21-19-,24-23-,27-26-. The van der Waals surface area contributed by atoms with E-state index in [9.17, 15) is 19.0 Å². The highest BCUT2D eigenvalue weighted by Crippen LogP contribution is 2.38. The van der Waals surface area contributed by atoms with Crippen molar-refractivity contribution in [1.82, 2.24) is 0 Å². The third-order valence-electron chi connectivity index (χ3n) is 10.8. The summed E-state index contributed by atoms with van der Waals surface area (Å²) in [4.78, 5) is 37.7.